The second-order valence-electron chi connectivity index (χ2n) is 6.93. The molecule has 126 valence electrons. The van der Waals surface area contributed by atoms with Gasteiger partial charge in [0, 0.05) is 17.0 Å². The molecule has 1 aromatic heterocycles. The lowest BCUT2D eigenvalue weighted by Crippen LogP contribution is -2.16. The van der Waals surface area contributed by atoms with Gasteiger partial charge in [-0.3, -0.25) is 0 Å². The van der Waals surface area contributed by atoms with E-state index >= 15 is 0 Å². The quantitative estimate of drug-likeness (QED) is 0.734. The summed E-state index contributed by atoms with van der Waals surface area (Å²) in [7, 11) is 0. The monoisotopic (exact) mass is 329 g/mol. The largest absolute Gasteiger partial charge is 0.383 e. The first-order chi connectivity index (χ1) is 12.1. The maximum absolute atomic E-state index is 6.43. The number of fused-ring (bicyclic) bond motifs is 1. The normalized spacial score (nSPS) is 16.5. The van der Waals surface area contributed by atoms with E-state index in [9.17, 15) is 0 Å². The zero-order chi connectivity index (χ0) is 17.4. The van der Waals surface area contributed by atoms with Crippen molar-refractivity contribution in [2.24, 2.45) is 0 Å². The number of hydrogen-bond acceptors (Lipinski definition) is 3. The Balaban J connectivity index is 1.92. The van der Waals surface area contributed by atoms with E-state index in [-0.39, 0.29) is 5.92 Å². The number of hydrogen-bond donors (Lipinski definition) is 1. The SMILES string of the molecule is Cc1ccc(-c2nc(C)nc(N)c2[C@@H]2CCCc3ccccc32)cc1. The number of nitrogens with zero attached hydrogens (tertiary/aromatic N) is 2. The number of benzene rings is 2. The maximum atomic E-state index is 6.43. The second-order valence-corrected chi connectivity index (χ2v) is 6.93. The van der Waals surface area contributed by atoms with Gasteiger partial charge in [-0.25, -0.2) is 9.97 Å². The highest BCUT2D eigenvalue weighted by Gasteiger charge is 2.27. The van der Waals surface area contributed by atoms with Gasteiger partial charge in [-0.05, 0) is 44.2 Å². The molecular formula is C22H23N3. The van der Waals surface area contributed by atoms with Crippen LogP contribution in [0.1, 0.15) is 46.8 Å². The Hall–Kier alpha value is -2.68. The molecule has 2 aromatic carbocycles. The fourth-order valence-corrected chi connectivity index (χ4v) is 3.93. The van der Waals surface area contributed by atoms with Gasteiger partial charge in [-0.1, -0.05) is 54.1 Å². The summed E-state index contributed by atoms with van der Waals surface area (Å²) in [6.45, 7) is 4.01. The third kappa shape index (κ3) is 2.91. The van der Waals surface area contributed by atoms with E-state index in [4.69, 9.17) is 10.7 Å². The van der Waals surface area contributed by atoms with Crippen LogP contribution in [0.15, 0.2) is 48.5 Å². The molecule has 25 heavy (non-hydrogen) atoms. The molecule has 0 fully saturated rings. The average molecular weight is 329 g/mol. The Morgan fingerprint density at radius 2 is 1.72 bits per heavy atom. The minimum Gasteiger partial charge on any atom is -0.383 e. The van der Waals surface area contributed by atoms with Gasteiger partial charge in [0.2, 0.25) is 0 Å². The van der Waals surface area contributed by atoms with Crippen molar-refractivity contribution >= 4 is 5.82 Å². The predicted octanol–water partition coefficient (Wildman–Crippen LogP) is 4.81. The van der Waals surface area contributed by atoms with Crippen LogP contribution in [-0.4, -0.2) is 9.97 Å². The zero-order valence-corrected chi connectivity index (χ0v) is 14.8. The van der Waals surface area contributed by atoms with Crippen LogP contribution in [0.25, 0.3) is 11.3 Å². The summed E-state index contributed by atoms with van der Waals surface area (Å²) in [5.41, 5.74) is 13.6. The standard InChI is InChI=1S/C22H23N3/c1-14-10-12-17(13-11-14)21-20(22(23)25-15(2)24-21)19-9-5-7-16-6-3-4-8-18(16)19/h3-4,6,8,10-13,19H,5,7,9H2,1-2H3,(H2,23,24,25)/t19-/m1/s1. The molecule has 0 bridgehead atoms. The van der Waals surface area contributed by atoms with E-state index in [1.165, 1.54) is 23.1 Å². The third-order valence-corrected chi connectivity index (χ3v) is 5.13. The van der Waals surface area contributed by atoms with Crippen molar-refractivity contribution in [1.29, 1.82) is 0 Å². The number of nitrogens with two attached hydrogens (primary N) is 1. The fourth-order valence-electron chi connectivity index (χ4n) is 3.93. The summed E-state index contributed by atoms with van der Waals surface area (Å²) in [5.74, 6) is 1.60. The van der Waals surface area contributed by atoms with Crippen LogP contribution in [-0.2, 0) is 6.42 Å². The van der Waals surface area contributed by atoms with Crippen LogP contribution in [0.4, 0.5) is 5.82 Å². The molecule has 3 heteroatoms. The lowest BCUT2D eigenvalue weighted by atomic mass is 9.78. The predicted molar refractivity (Wildman–Crippen MR) is 103 cm³/mol. The Morgan fingerprint density at radius 1 is 0.960 bits per heavy atom. The number of rotatable bonds is 2. The van der Waals surface area contributed by atoms with E-state index in [1.807, 2.05) is 6.92 Å². The van der Waals surface area contributed by atoms with E-state index in [1.54, 1.807) is 0 Å². The van der Waals surface area contributed by atoms with Crippen molar-refractivity contribution in [3.63, 3.8) is 0 Å². The van der Waals surface area contributed by atoms with Crippen molar-refractivity contribution in [3.05, 3.63) is 76.6 Å². The van der Waals surface area contributed by atoms with Crippen molar-refractivity contribution in [2.75, 3.05) is 5.73 Å². The van der Waals surface area contributed by atoms with Crippen molar-refractivity contribution < 1.29 is 0 Å². The van der Waals surface area contributed by atoms with E-state index in [0.717, 1.165) is 35.5 Å². The zero-order valence-electron chi connectivity index (χ0n) is 14.8. The Morgan fingerprint density at radius 3 is 2.52 bits per heavy atom. The molecule has 0 aliphatic heterocycles. The Labute approximate surface area is 149 Å². The lowest BCUT2D eigenvalue weighted by Gasteiger charge is -2.28. The molecule has 1 aliphatic carbocycles. The molecule has 1 atom stereocenters. The molecule has 4 rings (SSSR count). The molecule has 0 saturated carbocycles. The summed E-state index contributed by atoms with van der Waals surface area (Å²) in [6.07, 6.45) is 3.40. The smallest absolute Gasteiger partial charge is 0.131 e. The first kappa shape index (κ1) is 15.8. The highest BCUT2D eigenvalue weighted by Crippen LogP contribution is 2.42. The van der Waals surface area contributed by atoms with Gasteiger partial charge in [0.05, 0.1) is 5.69 Å². The first-order valence-corrected chi connectivity index (χ1v) is 8.92. The van der Waals surface area contributed by atoms with Crippen molar-refractivity contribution in [3.8, 4) is 11.3 Å². The summed E-state index contributed by atoms with van der Waals surface area (Å²) in [5, 5.41) is 0. The number of aromatic nitrogens is 2. The number of aryl methyl sites for hydroxylation is 3. The molecule has 1 aliphatic rings. The van der Waals surface area contributed by atoms with Gasteiger partial charge in [-0.15, -0.1) is 0 Å². The third-order valence-electron chi connectivity index (χ3n) is 5.13. The van der Waals surface area contributed by atoms with Gasteiger partial charge < -0.3 is 5.73 Å². The van der Waals surface area contributed by atoms with Crippen LogP contribution < -0.4 is 5.73 Å². The number of nitrogen functional groups attached to an aromatic ring is 1. The molecule has 2 N–H and O–H groups in total. The minimum absolute atomic E-state index is 0.266. The Bertz CT molecular complexity index is 913. The fraction of sp³-hybridized carbons (Fsp3) is 0.273. The van der Waals surface area contributed by atoms with E-state index < -0.39 is 0 Å². The highest BCUT2D eigenvalue weighted by molar-refractivity contribution is 5.70. The van der Waals surface area contributed by atoms with Crippen LogP contribution in [0.2, 0.25) is 0 Å². The average Bonchev–Trinajstić information content (AvgIpc) is 2.61. The first-order valence-electron chi connectivity index (χ1n) is 8.92. The summed E-state index contributed by atoms with van der Waals surface area (Å²) in [4.78, 5) is 9.28. The molecular weight excluding hydrogens is 306 g/mol. The van der Waals surface area contributed by atoms with Gasteiger partial charge in [0.1, 0.15) is 11.6 Å². The molecule has 3 nitrogen and oxygen atoms in total. The summed E-state index contributed by atoms with van der Waals surface area (Å²) >= 11 is 0. The summed E-state index contributed by atoms with van der Waals surface area (Å²) < 4.78 is 0. The maximum Gasteiger partial charge on any atom is 0.131 e. The van der Waals surface area contributed by atoms with Gasteiger partial charge in [-0.2, -0.15) is 0 Å². The highest BCUT2D eigenvalue weighted by atomic mass is 14.9. The topological polar surface area (TPSA) is 51.8 Å². The van der Waals surface area contributed by atoms with Crippen molar-refractivity contribution in [2.45, 2.75) is 39.0 Å². The lowest BCUT2D eigenvalue weighted by molar-refractivity contribution is 0.614. The molecule has 0 saturated heterocycles. The van der Waals surface area contributed by atoms with Gasteiger partial charge >= 0.3 is 0 Å². The van der Waals surface area contributed by atoms with E-state index in [0.29, 0.717) is 5.82 Å². The molecule has 0 amide bonds. The van der Waals surface area contributed by atoms with Crippen molar-refractivity contribution in [1.82, 2.24) is 9.97 Å². The van der Waals surface area contributed by atoms with Crippen LogP contribution in [0.3, 0.4) is 0 Å². The van der Waals surface area contributed by atoms with Gasteiger partial charge in [0.15, 0.2) is 0 Å². The second kappa shape index (κ2) is 6.32. The van der Waals surface area contributed by atoms with Gasteiger partial charge in [0.25, 0.3) is 0 Å². The molecule has 0 spiro atoms. The molecule has 1 heterocycles. The van der Waals surface area contributed by atoms with Crippen LogP contribution in [0.5, 0.6) is 0 Å². The Kier molecular flexibility index (Phi) is 4.00. The van der Waals surface area contributed by atoms with Crippen LogP contribution in [0, 0.1) is 13.8 Å². The molecule has 0 unspecified atom stereocenters. The minimum atomic E-state index is 0.266. The number of anilines is 1. The molecule has 3 aromatic rings. The van der Waals surface area contributed by atoms with Crippen LogP contribution >= 0.6 is 0 Å². The molecule has 0 radical (unpaired) electrons. The summed E-state index contributed by atoms with van der Waals surface area (Å²) in [6, 6.07) is 17.2. The van der Waals surface area contributed by atoms with E-state index in [2.05, 4.69) is 60.4 Å².